The Kier molecular flexibility index (Phi) is 8.08. The molecule has 8 heteroatoms. The smallest absolute Gasteiger partial charge is 0.269 e. The third kappa shape index (κ3) is 6.27. The van der Waals surface area contributed by atoms with Crippen LogP contribution in [0.4, 0.5) is 15.8 Å². The van der Waals surface area contributed by atoms with Crippen LogP contribution in [0.25, 0.3) is 0 Å². The van der Waals surface area contributed by atoms with Crippen molar-refractivity contribution in [2.45, 2.75) is 26.7 Å². The lowest BCUT2D eigenvalue weighted by atomic mass is 9.89. The Morgan fingerprint density at radius 3 is 2.16 bits per heavy atom. The monoisotopic (exact) mass is 503 g/mol. The lowest BCUT2D eigenvalue weighted by Crippen LogP contribution is -2.43. The highest BCUT2D eigenvalue weighted by Gasteiger charge is 2.27. The molecule has 1 aliphatic heterocycles. The molecule has 1 heterocycles. The molecule has 4 rings (SSSR count). The quantitative estimate of drug-likeness (QED) is 0.227. The number of hydrogen-bond acceptors (Lipinski definition) is 5. The van der Waals surface area contributed by atoms with E-state index in [-0.39, 0.29) is 29.1 Å². The van der Waals surface area contributed by atoms with Gasteiger partial charge in [-0.05, 0) is 99.4 Å². The van der Waals surface area contributed by atoms with Crippen molar-refractivity contribution in [1.29, 1.82) is 0 Å². The minimum absolute atomic E-state index is 0.0461. The first kappa shape index (κ1) is 26.2. The maximum atomic E-state index is 13.5. The number of rotatable bonds is 8. The number of anilines is 1. The summed E-state index contributed by atoms with van der Waals surface area (Å²) in [5.74, 6) is -0.633. The highest BCUT2D eigenvalue weighted by Crippen LogP contribution is 2.25. The molecule has 3 aromatic carbocycles. The van der Waals surface area contributed by atoms with Gasteiger partial charge in [-0.2, -0.15) is 0 Å². The minimum atomic E-state index is -0.486. The van der Waals surface area contributed by atoms with E-state index in [1.807, 2.05) is 32.0 Å². The summed E-state index contributed by atoms with van der Waals surface area (Å²) in [6.07, 6.45) is 1.41. The molecule has 0 saturated carbocycles. The number of aryl methyl sites for hydroxylation is 2. The second kappa shape index (κ2) is 11.4. The fourth-order valence-corrected chi connectivity index (χ4v) is 4.63. The van der Waals surface area contributed by atoms with Crippen LogP contribution in [0, 0.1) is 35.7 Å². The fraction of sp³-hybridized carbons (Fsp3) is 0.310. The molecule has 1 saturated heterocycles. The molecule has 0 N–H and O–H groups in total. The van der Waals surface area contributed by atoms with Gasteiger partial charge in [-0.25, -0.2) is 4.39 Å². The average molecular weight is 504 g/mol. The van der Waals surface area contributed by atoms with Gasteiger partial charge in [0, 0.05) is 48.0 Å². The summed E-state index contributed by atoms with van der Waals surface area (Å²) in [6, 6.07) is 17.2. The number of ketones is 1. The van der Waals surface area contributed by atoms with Gasteiger partial charge in [-0.15, -0.1) is 0 Å². The summed E-state index contributed by atoms with van der Waals surface area (Å²) in [4.78, 5) is 40.8. The Bertz CT molecular complexity index is 1280. The largest absolute Gasteiger partial charge is 0.307 e. The topological polar surface area (TPSA) is 83.8 Å². The predicted octanol–water partition coefficient (Wildman–Crippen LogP) is 5.59. The molecule has 0 atom stereocenters. The summed E-state index contributed by atoms with van der Waals surface area (Å²) in [6.45, 7) is 6.53. The number of benzene rings is 3. The number of Topliss-reactive ketones (excluding diaryl/α,β-unsaturated/α-hetero) is 1. The second-order valence-corrected chi connectivity index (χ2v) is 9.52. The van der Waals surface area contributed by atoms with Gasteiger partial charge in [0.25, 0.3) is 11.6 Å². The van der Waals surface area contributed by atoms with Crippen LogP contribution < -0.4 is 4.90 Å². The molecule has 0 spiro atoms. The van der Waals surface area contributed by atoms with E-state index in [2.05, 4.69) is 4.90 Å². The van der Waals surface area contributed by atoms with Gasteiger partial charge in [0.1, 0.15) is 5.82 Å². The highest BCUT2D eigenvalue weighted by atomic mass is 19.1. The van der Waals surface area contributed by atoms with Crippen molar-refractivity contribution in [1.82, 2.24) is 4.90 Å². The lowest BCUT2D eigenvalue weighted by molar-refractivity contribution is -0.384. The molecule has 0 aliphatic carbocycles. The van der Waals surface area contributed by atoms with E-state index in [1.165, 1.54) is 48.5 Å². The maximum absolute atomic E-state index is 13.5. The van der Waals surface area contributed by atoms with E-state index in [9.17, 15) is 24.1 Å². The van der Waals surface area contributed by atoms with Crippen LogP contribution in [0.1, 0.15) is 44.7 Å². The minimum Gasteiger partial charge on any atom is -0.307 e. The van der Waals surface area contributed by atoms with Gasteiger partial charge in [0.15, 0.2) is 5.78 Å². The van der Waals surface area contributed by atoms with Crippen molar-refractivity contribution in [2.75, 3.05) is 31.1 Å². The number of non-ortho nitro benzene ring substituents is 1. The Balaban J connectivity index is 1.43. The van der Waals surface area contributed by atoms with E-state index in [4.69, 9.17) is 0 Å². The molecule has 37 heavy (non-hydrogen) atoms. The number of nitro groups is 1. The molecule has 1 aliphatic rings. The number of hydrogen-bond donors (Lipinski definition) is 0. The Hall–Kier alpha value is -3.91. The summed E-state index contributed by atoms with van der Waals surface area (Å²) >= 11 is 0. The molecular formula is C29H30FN3O4. The molecule has 1 amide bonds. The molecule has 0 bridgehead atoms. The van der Waals surface area contributed by atoms with Crippen molar-refractivity contribution in [2.24, 2.45) is 5.92 Å². The lowest BCUT2D eigenvalue weighted by Gasteiger charge is -2.33. The van der Waals surface area contributed by atoms with E-state index >= 15 is 0 Å². The zero-order valence-corrected chi connectivity index (χ0v) is 21.0. The maximum Gasteiger partial charge on any atom is 0.269 e. The van der Waals surface area contributed by atoms with Crippen LogP contribution in [-0.4, -0.2) is 47.7 Å². The van der Waals surface area contributed by atoms with Crippen molar-refractivity contribution < 1.29 is 18.9 Å². The number of piperidine rings is 1. The molecule has 0 unspecified atom stereocenters. The zero-order valence-electron chi connectivity index (χ0n) is 21.0. The van der Waals surface area contributed by atoms with Crippen LogP contribution in [0.3, 0.4) is 0 Å². The summed E-state index contributed by atoms with van der Waals surface area (Å²) in [7, 11) is 0. The van der Waals surface area contributed by atoms with Crippen LogP contribution in [0.15, 0.2) is 66.7 Å². The molecule has 0 aromatic heterocycles. The summed E-state index contributed by atoms with van der Waals surface area (Å²) < 4.78 is 13.2. The number of amides is 1. The molecule has 1 fully saturated rings. The molecule has 7 nitrogen and oxygen atoms in total. The van der Waals surface area contributed by atoms with Crippen LogP contribution >= 0.6 is 0 Å². The third-order valence-corrected chi connectivity index (χ3v) is 7.10. The van der Waals surface area contributed by atoms with Crippen molar-refractivity contribution in [3.8, 4) is 0 Å². The fourth-order valence-electron chi connectivity index (χ4n) is 4.63. The van der Waals surface area contributed by atoms with E-state index in [0.29, 0.717) is 37.1 Å². The number of halogens is 1. The predicted molar refractivity (Wildman–Crippen MR) is 141 cm³/mol. The number of likely N-dealkylation sites (tertiary alicyclic amines) is 1. The first-order valence-corrected chi connectivity index (χ1v) is 12.4. The molecule has 3 aromatic rings. The Morgan fingerprint density at radius 1 is 0.946 bits per heavy atom. The summed E-state index contributed by atoms with van der Waals surface area (Å²) in [5.41, 5.74) is 3.82. The number of nitro benzene ring substituents is 1. The number of carbonyl (C=O) groups excluding carboxylic acids is 2. The van der Waals surface area contributed by atoms with Crippen molar-refractivity contribution in [3.63, 3.8) is 0 Å². The Morgan fingerprint density at radius 2 is 1.57 bits per heavy atom. The highest BCUT2D eigenvalue weighted by molar-refractivity contribution is 6.06. The first-order valence-electron chi connectivity index (χ1n) is 12.4. The normalized spacial score (nSPS) is 14.4. The van der Waals surface area contributed by atoms with Gasteiger partial charge in [-0.3, -0.25) is 19.7 Å². The van der Waals surface area contributed by atoms with Crippen molar-refractivity contribution in [3.05, 3.63) is 105 Å². The SMILES string of the molecule is Cc1ccc(N(CCN2CCC(C(=O)c3ccc(F)cc3)CC2)C(=O)c2ccc([N+](=O)[O-])cc2)cc1C. The first-order chi connectivity index (χ1) is 17.7. The van der Waals surface area contributed by atoms with Gasteiger partial charge in [0.05, 0.1) is 4.92 Å². The zero-order chi connectivity index (χ0) is 26.5. The van der Waals surface area contributed by atoms with Crippen LogP contribution in [-0.2, 0) is 0 Å². The number of carbonyl (C=O) groups is 2. The van der Waals surface area contributed by atoms with E-state index < -0.39 is 4.92 Å². The molecular weight excluding hydrogens is 473 g/mol. The molecule has 192 valence electrons. The number of nitrogens with zero attached hydrogens (tertiary/aromatic N) is 3. The molecule has 0 radical (unpaired) electrons. The van der Waals surface area contributed by atoms with Crippen molar-refractivity contribution >= 4 is 23.1 Å². The second-order valence-electron chi connectivity index (χ2n) is 9.52. The van der Waals surface area contributed by atoms with Gasteiger partial charge in [-0.1, -0.05) is 6.07 Å². The third-order valence-electron chi connectivity index (χ3n) is 7.10. The summed E-state index contributed by atoms with van der Waals surface area (Å²) in [5, 5.41) is 11.0. The van der Waals surface area contributed by atoms with E-state index in [0.717, 1.165) is 29.9 Å². The van der Waals surface area contributed by atoms with Crippen LogP contribution in [0.5, 0.6) is 0 Å². The Labute approximate surface area is 215 Å². The van der Waals surface area contributed by atoms with Gasteiger partial charge >= 0.3 is 0 Å². The van der Waals surface area contributed by atoms with E-state index in [1.54, 1.807) is 4.90 Å². The average Bonchev–Trinajstić information content (AvgIpc) is 2.91. The van der Waals surface area contributed by atoms with Gasteiger partial charge in [0.2, 0.25) is 0 Å². The van der Waals surface area contributed by atoms with Crippen LogP contribution in [0.2, 0.25) is 0 Å². The standard InChI is InChI=1S/C29H30FN3O4/c1-20-3-10-27(19-21(20)2)32(29(35)24-6-11-26(12-7-24)33(36)37)18-17-31-15-13-23(14-16-31)28(34)22-4-8-25(30)9-5-22/h3-12,19,23H,13-18H2,1-2H3. The van der Waals surface area contributed by atoms with Gasteiger partial charge < -0.3 is 9.80 Å².